The molecular formula is C11H20BrNO. The molecule has 0 heterocycles. The standard InChI is InChI=1S/C11H20BrNO/c1-8(2)9(12)10(14)13-7-11(3)5-4-6-11/h8-9H,4-7H2,1-3H3,(H,13,14). The lowest BCUT2D eigenvalue weighted by atomic mass is 9.70. The number of alkyl halides is 1. The van der Waals surface area contributed by atoms with Gasteiger partial charge in [0.05, 0.1) is 4.83 Å². The summed E-state index contributed by atoms with van der Waals surface area (Å²) in [5.41, 5.74) is 0.374. The molecule has 1 atom stereocenters. The molecule has 1 unspecified atom stereocenters. The fourth-order valence-corrected chi connectivity index (χ4v) is 1.82. The van der Waals surface area contributed by atoms with E-state index < -0.39 is 0 Å². The molecule has 1 fully saturated rings. The Morgan fingerprint density at radius 1 is 1.50 bits per heavy atom. The van der Waals surface area contributed by atoms with Crippen molar-refractivity contribution in [3.8, 4) is 0 Å². The van der Waals surface area contributed by atoms with E-state index in [4.69, 9.17) is 0 Å². The fraction of sp³-hybridized carbons (Fsp3) is 0.909. The molecule has 0 aliphatic heterocycles. The van der Waals surface area contributed by atoms with Crippen molar-refractivity contribution >= 4 is 21.8 Å². The minimum Gasteiger partial charge on any atom is -0.355 e. The van der Waals surface area contributed by atoms with E-state index in [2.05, 4.69) is 28.2 Å². The maximum absolute atomic E-state index is 11.6. The molecule has 0 radical (unpaired) electrons. The van der Waals surface area contributed by atoms with Gasteiger partial charge < -0.3 is 5.32 Å². The summed E-state index contributed by atoms with van der Waals surface area (Å²) < 4.78 is 0. The van der Waals surface area contributed by atoms with Crippen LogP contribution in [0, 0.1) is 11.3 Å². The first kappa shape index (κ1) is 12.0. The highest BCUT2D eigenvalue weighted by molar-refractivity contribution is 9.10. The normalized spacial score (nSPS) is 21.5. The van der Waals surface area contributed by atoms with Crippen molar-refractivity contribution in [1.82, 2.24) is 5.32 Å². The summed E-state index contributed by atoms with van der Waals surface area (Å²) in [4.78, 5) is 11.6. The van der Waals surface area contributed by atoms with E-state index in [0.717, 1.165) is 6.54 Å². The highest BCUT2D eigenvalue weighted by Gasteiger charge is 2.32. The Kier molecular flexibility index (Phi) is 3.99. The number of nitrogens with one attached hydrogen (secondary N) is 1. The summed E-state index contributed by atoms with van der Waals surface area (Å²) in [6.45, 7) is 7.17. The van der Waals surface area contributed by atoms with Gasteiger partial charge in [0.1, 0.15) is 0 Å². The molecule has 1 saturated carbocycles. The second-order valence-corrected chi connectivity index (χ2v) is 6.01. The fourth-order valence-electron chi connectivity index (χ4n) is 1.66. The molecule has 1 amide bonds. The summed E-state index contributed by atoms with van der Waals surface area (Å²) in [6, 6.07) is 0. The summed E-state index contributed by atoms with van der Waals surface area (Å²) in [5.74, 6) is 0.484. The predicted octanol–water partition coefficient (Wildman–Crippen LogP) is 2.71. The Morgan fingerprint density at radius 2 is 2.07 bits per heavy atom. The lowest BCUT2D eigenvalue weighted by molar-refractivity contribution is -0.121. The Bertz CT molecular complexity index is 211. The quantitative estimate of drug-likeness (QED) is 0.775. The Morgan fingerprint density at radius 3 is 2.43 bits per heavy atom. The zero-order chi connectivity index (χ0) is 10.8. The lowest BCUT2D eigenvalue weighted by Crippen LogP contribution is -2.43. The summed E-state index contributed by atoms with van der Waals surface area (Å²) >= 11 is 3.40. The molecular weight excluding hydrogens is 242 g/mol. The summed E-state index contributed by atoms with van der Waals surface area (Å²) in [6.07, 6.45) is 3.82. The van der Waals surface area contributed by atoms with Gasteiger partial charge in [0.25, 0.3) is 0 Å². The van der Waals surface area contributed by atoms with Gasteiger partial charge in [0.15, 0.2) is 0 Å². The minimum atomic E-state index is -0.0498. The molecule has 0 aromatic heterocycles. The van der Waals surface area contributed by atoms with Crippen molar-refractivity contribution in [3.05, 3.63) is 0 Å². The van der Waals surface area contributed by atoms with Gasteiger partial charge in [-0.05, 0) is 24.2 Å². The van der Waals surface area contributed by atoms with Crippen LogP contribution >= 0.6 is 15.9 Å². The SMILES string of the molecule is CC(C)C(Br)C(=O)NCC1(C)CCC1. The number of carbonyl (C=O) groups is 1. The maximum atomic E-state index is 11.6. The zero-order valence-electron chi connectivity index (χ0n) is 9.27. The molecule has 82 valence electrons. The molecule has 1 aliphatic carbocycles. The second-order valence-electron chi connectivity index (χ2n) is 5.03. The first-order valence-electron chi connectivity index (χ1n) is 5.36. The number of hydrogen-bond acceptors (Lipinski definition) is 1. The molecule has 0 bridgehead atoms. The summed E-state index contributed by atoms with van der Waals surface area (Å²) in [7, 11) is 0. The molecule has 0 aromatic carbocycles. The van der Waals surface area contributed by atoms with E-state index in [1.54, 1.807) is 0 Å². The van der Waals surface area contributed by atoms with Gasteiger partial charge in [-0.3, -0.25) is 4.79 Å². The largest absolute Gasteiger partial charge is 0.355 e. The molecule has 0 spiro atoms. The van der Waals surface area contributed by atoms with Crippen LogP contribution in [0.1, 0.15) is 40.0 Å². The third kappa shape index (κ3) is 2.97. The first-order chi connectivity index (χ1) is 6.44. The van der Waals surface area contributed by atoms with Crippen LogP contribution in [0.15, 0.2) is 0 Å². The summed E-state index contributed by atoms with van der Waals surface area (Å²) in [5, 5.41) is 3.02. The Balaban J connectivity index is 2.27. The van der Waals surface area contributed by atoms with Gasteiger partial charge in [-0.1, -0.05) is 43.1 Å². The predicted molar refractivity (Wildman–Crippen MR) is 62.5 cm³/mol. The van der Waals surface area contributed by atoms with Crippen LogP contribution in [0.4, 0.5) is 0 Å². The topological polar surface area (TPSA) is 29.1 Å². The minimum absolute atomic E-state index is 0.0498. The smallest absolute Gasteiger partial charge is 0.234 e. The van der Waals surface area contributed by atoms with Crippen LogP contribution in [0.2, 0.25) is 0 Å². The number of hydrogen-bond donors (Lipinski definition) is 1. The van der Waals surface area contributed by atoms with Gasteiger partial charge in [-0.25, -0.2) is 0 Å². The molecule has 0 saturated heterocycles. The monoisotopic (exact) mass is 261 g/mol. The van der Waals surface area contributed by atoms with Gasteiger partial charge in [0.2, 0.25) is 5.91 Å². The van der Waals surface area contributed by atoms with Crippen molar-refractivity contribution in [3.63, 3.8) is 0 Å². The van der Waals surface area contributed by atoms with Crippen LogP contribution in [-0.2, 0) is 4.79 Å². The van der Waals surface area contributed by atoms with Crippen molar-refractivity contribution in [2.24, 2.45) is 11.3 Å². The third-order valence-corrected chi connectivity index (χ3v) is 4.56. The van der Waals surface area contributed by atoms with E-state index in [0.29, 0.717) is 11.3 Å². The number of amides is 1. The molecule has 1 rings (SSSR count). The third-order valence-electron chi connectivity index (χ3n) is 3.09. The lowest BCUT2D eigenvalue weighted by Gasteiger charge is -2.38. The van der Waals surface area contributed by atoms with Crippen molar-refractivity contribution in [2.75, 3.05) is 6.54 Å². The molecule has 3 heteroatoms. The van der Waals surface area contributed by atoms with Crippen LogP contribution in [0.3, 0.4) is 0 Å². The van der Waals surface area contributed by atoms with E-state index in [9.17, 15) is 4.79 Å². The number of carbonyl (C=O) groups excluding carboxylic acids is 1. The van der Waals surface area contributed by atoms with Crippen LogP contribution < -0.4 is 5.32 Å². The number of halogens is 1. The average molecular weight is 262 g/mol. The van der Waals surface area contributed by atoms with E-state index in [1.807, 2.05) is 13.8 Å². The van der Waals surface area contributed by atoms with Crippen molar-refractivity contribution in [1.29, 1.82) is 0 Å². The first-order valence-corrected chi connectivity index (χ1v) is 6.28. The van der Waals surface area contributed by atoms with Crippen LogP contribution in [-0.4, -0.2) is 17.3 Å². The van der Waals surface area contributed by atoms with Crippen molar-refractivity contribution < 1.29 is 4.79 Å². The molecule has 1 aliphatic rings. The van der Waals surface area contributed by atoms with Gasteiger partial charge in [-0.2, -0.15) is 0 Å². The van der Waals surface area contributed by atoms with Crippen molar-refractivity contribution in [2.45, 2.75) is 44.9 Å². The second kappa shape index (κ2) is 4.65. The maximum Gasteiger partial charge on any atom is 0.234 e. The van der Waals surface area contributed by atoms with Gasteiger partial charge >= 0.3 is 0 Å². The molecule has 14 heavy (non-hydrogen) atoms. The van der Waals surface area contributed by atoms with Gasteiger partial charge in [0, 0.05) is 6.54 Å². The highest BCUT2D eigenvalue weighted by atomic mass is 79.9. The van der Waals surface area contributed by atoms with Crippen LogP contribution in [0.25, 0.3) is 0 Å². The van der Waals surface area contributed by atoms with E-state index in [-0.39, 0.29) is 10.7 Å². The molecule has 1 N–H and O–H groups in total. The number of rotatable bonds is 4. The zero-order valence-corrected chi connectivity index (χ0v) is 10.9. The van der Waals surface area contributed by atoms with E-state index in [1.165, 1.54) is 19.3 Å². The van der Waals surface area contributed by atoms with Gasteiger partial charge in [-0.15, -0.1) is 0 Å². The highest BCUT2D eigenvalue weighted by Crippen LogP contribution is 2.39. The molecule has 0 aromatic rings. The Labute approximate surface area is 95.0 Å². The Hall–Kier alpha value is -0.0500. The van der Waals surface area contributed by atoms with E-state index >= 15 is 0 Å². The molecule has 2 nitrogen and oxygen atoms in total. The van der Waals surface area contributed by atoms with Crippen LogP contribution in [0.5, 0.6) is 0 Å². The average Bonchev–Trinajstić information content (AvgIpc) is 2.09.